The zero-order valence-electron chi connectivity index (χ0n) is 18.5. The largest absolute Gasteiger partial charge is 0.381 e. The predicted molar refractivity (Wildman–Crippen MR) is 131 cm³/mol. The summed E-state index contributed by atoms with van der Waals surface area (Å²) in [6.07, 6.45) is 5.52. The van der Waals surface area contributed by atoms with Crippen molar-refractivity contribution in [2.75, 3.05) is 5.32 Å². The number of aromatic nitrogens is 3. The highest BCUT2D eigenvalue weighted by atomic mass is 14.9. The Balaban J connectivity index is 0.00000119. The summed E-state index contributed by atoms with van der Waals surface area (Å²) in [6.45, 7) is 4.66. The average Bonchev–Trinajstić information content (AvgIpc) is 3.23. The number of benzene rings is 3. The van der Waals surface area contributed by atoms with E-state index in [0.29, 0.717) is 12.1 Å². The van der Waals surface area contributed by atoms with Gasteiger partial charge in [-0.3, -0.25) is 9.97 Å². The van der Waals surface area contributed by atoms with Crippen LogP contribution < -0.4 is 5.32 Å². The number of hydrogen-bond acceptors (Lipinski definition) is 4. The van der Waals surface area contributed by atoms with Gasteiger partial charge >= 0.3 is 0 Å². The molecule has 0 aliphatic carbocycles. The van der Waals surface area contributed by atoms with Crippen LogP contribution in [0.15, 0.2) is 79.3 Å². The molecular formula is C27H25N5. The maximum atomic E-state index is 8.97. The van der Waals surface area contributed by atoms with E-state index in [9.17, 15) is 0 Å². The van der Waals surface area contributed by atoms with Crippen molar-refractivity contribution in [1.82, 2.24) is 14.5 Å². The molecule has 32 heavy (non-hydrogen) atoms. The van der Waals surface area contributed by atoms with Gasteiger partial charge in [-0.25, -0.2) is 0 Å². The van der Waals surface area contributed by atoms with Crippen molar-refractivity contribution in [2.45, 2.75) is 20.4 Å². The van der Waals surface area contributed by atoms with E-state index in [4.69, 9.17) is 5.26 Å². The lowest BCUT2D eigenvalue weighted by Gasteiger charge is -2.12. The van der Waals surface area contributed by atoms with E-state index in [1.807, 2.05) is 44.2 Å². The van der Waals surface area contributed by atoms with Gasteiger partial charge in [0.05, 0.1) is 22.7 Å². The molecule has 0 atom stereocenters. The lowest BCUT2D eigenvalue weighted by molar-refractivity contribution is 0.969. The first kappa shape index (κ1) is 21.1. The number of nitriles is 1. The first-order chi connectivity index (χ1) is 15.7. The van der Waals surface area contributed by atoms with Crippen LogP contribution in [0.25, 0.3) is 33.1 Å². The Morgan fingerprint density at radius 2 is 1.72 bits per heavy atom. The van der Waals surface area contributed by atoms with Crippen molar-refractivity contribution in [3.05, 3.63) is 90.4 Å². The number of hydrogen-bond donors (Lipinski definition) is 1. The van der Waals surface area contributed by atoms with Crippen LogP contribution in [0.5, 0.6) is 0 Å². The van der Waals surface area contributed by atoms with Gasteiger partial charge in [-0.1, -0.05) is 38.1 Å². The Labute approximate surface area is 188 Å². The number of aryl methyl sites for hydroxylation is 1. The summed E-state index contributed by atoms with van der Waals surface area (Å²) in [6, 6.07) is 22.5. The molecular weight excluding hydrogens is 394 g/mol. The van der Waals surface area contributed by atoms with Crippen LogP contribution in [-0.4, -0.2) is 14.5 Å². The topological polar surface area (TPSA) is 66.5 Å². The van der Waals surface area contributed by atoms with Gasteiger partial charge in [0.1, 0.15) is 0 Å². The van der Waals surface area contributed by atoms with Crippen LogP contribution in [0.1, 0.15) is 25.0 Å². The summed E-state index contributed by atoms with van der Waals surface area (Å²) >= 11 is 0. The third kappa shape index (κ3) is 4.17. The first-order valence-corrected chi connectivity index (χ1v) is 10.7. The monoisotopic (exact) mass is 419 g/mol. The molecule has 1 N–H and O–H groups in total. The minimum atomic E-state index is 0.660. The molecule has 0 saturated heterocycles. The van der Waals surface area contributed by atoms with E-state index in [2.05, 4.69) is 69.5 Å². The van der Waals surface area contributed by atoms with E-state index in [1.165, 1.54) is 10.9 Å². The third-order valence-corrected chi connectivity index (χ3v) is 5.35. The van der Waals surface area contributed by atoms with Crippen LogP contribution >= 0.6 is 0 Å². The van der Waals surface area contributed by atoms with Gasteiger partial charge in [0.25, 0.3) is 0 Å². The Bertz CT molecular complexity index is 1410. The first-order valence-electron chi connectivity index (χ1n) is 10.7. The Kier molecular flexibility index (Phi) is 6.14. The molecule has 3 aromatic carbocycles. The molecule has 2 heterocycles. The molecule has 0 aliphatic heterocycles. The normalized spacial score (nSPS) is 10.4. The van der Waals surface area contributed by atoms with Crippen LogP contribution in [-0.2, 0) is 13.6 Å². The summed E-state index contributed by atoms with van der Waals surface area (Å²) in [5.74, 6) is 0. The number of nitrogens with zero attached hydrogens (tertiary/aromatic N) is 4. The number of nitrogens with one attached hydrogen (secondary N) is 1. The van der Waals surface area contributed by atoms with Crippen molar-refractivity contribution in [2.24, 2.45) is 7.05 Å². The van der Waals surface area contributed by atoms with Crippen molar-refractivity contribution in [3.8, 4) is 17.2 Å². The fourth-order valence-electron chi connectivity index (χ4n) is 3.73. The van der Waals surface area contributed by atoms with E-state index >= 15 is 0 Å². The maximum Gasteiger partial charge on any atom is 0.0991 e. The molecule has 5 nitrogen and oxygen atoms in total. The van der Waals surface area contributed by atoms with Crippen LogP contribution in [0.4, 0.5) is 5.69 Å². The fourth-order valence-corrected chi connectivity index (χ4v) is 3.73. The van der Waals surface area contributed by atoms with E-state index in [0.717, 1.165) is 33.4 Å². The SMILES string of the molecule is CC.Cn1ccc2ccc(-c3cc(NCc4ccc(C#N)cc4)cc4nccnc34)cc21. The molecule has 0 bridgehead atoms. The average molecular weight is 420 g/mol. The van der Waals surface area contributed by atoms with Gasteiger partial charge in [-0.05, 0) is 52.9 Å². The van der Waals surface area contributed by atoms with Gasteiger partial charge in [0.15, 0.2) is 0 Å². The standard InChI is InChI=1S/C25H19N5.C2H6/c1-30-11-8-19-6-7-20(12-24(19)30)22-13-21(14-23-25(22)28-10-9-27-23)29-16-18-4-2-17(15-26)3-5-18;1-2/h2-14,29H,16H2,1H3;1-2H3. The molecule has 0 fully saturated rings. The van der Waals surface area contributed by atoms with Crippen molar-refractivity contribution >= 4 is 27.6 Å². The summed E-state index contributed by atoms with van der Waals surface area (Å²) in [4.78, 5) is 9.13. The molecule has 0 amide bonds. The molecule has 0 saturated carbocycles. The van der Waals surface area contributed by atoms with E-state index < -0.39 is 0 Å². The zero-order valence-corrected chi connectivity index (χ0v) is 18.5. The van der Waals surface area contributed by atoms with Gasteiger partial charge in [-0.2, -0.15) is 5.26 Å². The quantitative estimate of drug-likeness (QED) is 0.371. The van der Waals surface area contributed by atoms with Crippen LogP contribution in [0.2, 0.25) is 0 Å². The molecule has 2 aromatic heterocycles. The number of anilines is 1. The molecule has 5 aromatic rings. The Morgan fingerprint density at radius 1 is 0.938 bits per heavy atom. The lowest BCUT2D eigenvalue weighted by Crippen LogP contribution is -2.00. The Morgan fingerprint density at radius 3 is 2.50 bits per heavy atom. The molecule has 158 valence electrons. The maximum absolute atomic E-state index is 8.97. The van der Waals surface area contributed by atoms with Crippen molar-refractivity contribution in [3.63, 3.8) is 0 Å². The molecule has 0 aliphatic rings. The van der Waals surface area contributed by atoms with Gasteiger partial charge in [0.2, 0.25) is 0 Å². The smallest absolute Gasteiger partial charge is 0.0991 e. The zero-order chi connectivity index (χ0) is 22.5. The van der Waals surface area contributed by atoms with Gasteiger partial charge in [0, 0.05) is 49.0 Å². The molecule has 0 spiro atoms. The number of rotatable bonds is 4. The Hall–Kier alpha value is -4.17. The van der Waals surface area contributed by atoms with Gasteiger partial charge < -0.3 is 9.88 Å². The van der Waals surface area contributed by atoms with Crippen molar-refractivity contribution < 1.29 is 0 Å². The second-order valence-corrected chi connectivity index (χ2v) is 7.31. The minimum absolute atomic E-state index is 0.660. The minimum Gasteiger partial charge on any atom is -0.381 e. The highest BCUT2D eigenvalue weighted by molar-refractivity contribution is 5.97. The molecule has 5 heteroatoms. The second kappa shape index (κ2) is 9.32. The fraction of sp³-hybridized carbons (Fsp3) is 0.148. The number of fused-ring (bicyclic) bond motifs is 2. The molecule has 5 rings (SSSR count). The summed E-state index contributed by atoms with van der Waals surface area (Å²) < 4.78 is 2.12. The predicted octanol–water partition coefficient (Wildman–Crippen LogP) is 6.30. The van der Waals surface area contributed by atoms with Crippen LogP contribution in [0, 0.1) is 11.3 Å². The second-order valence-electron chi connectivity index (χ2n) is 7.31. The van der Waals surface area contributed by atoms with E-state index in [-0.39, 0.29) is 0 Å². The highest BCUT2D eigenvalue weighted by Crippen LogP contribution is 2.32. The molecule has 0 unspecified atom stereocenters. The highest BCUT2D eigenvalue weighted by Gasteiger charge is 2.10. The van der Waals surface area contributed by atoms with E-state index in [1.54, 1.807) is 12.4 Å². The van der Waals surface area contributed by atoms with Crippen molar-refractivity contribution in [1.29, 1.82) is 5.26 Å². The summed E-state index contributed by atoms with van der Waals surface area (Å²) in [7, 11) is 2.06. The molecule has 0 radical (unpaired) electrons. The van der Waals surface area contributed by atoms with Crippen LogP contribution in [0.3, 0.4) is 0 Å². The summed E-state index contributed by atoms with van der Waals surface area (Å²) in [5, 5.41) is 13.7. The third-order valence-electron chi connectivity index (χ3n) is 5.35. The van der Waals surface area contributed by atoms with Gasteiger partial charge in [-0.15, -0.1) is 0 Å². The summed E-state index contributed by atoms with van der Waals surface area (Å²) in [5.41, 5.74) is 7.83. The lowest BCUT2D eigenvalue weighted by atomic mass is 10.0.